The van der Waals surface area contributed by atoms with Gasteiger partial charge in [-0.25, -0.2) is 4.39 Å². The van der Waals surface area contributed by atoms with Crippen LogP contribution < -0.4 is 10.1 Å². The fourth-order valence-corrected chi connectivity index (χ4v) is 1.80. The Morgan fingerprint density at radius 3 is 2.71 bits per heavy atom. The molecule has 0 aliphatic rings. The molecule has 2 aromatic rings. The average Bonchev–Trinajstić information content (AvgIpc) is 2.44. The summed E-state index contributed by atoms with van der Waals surface area (Å²) in [5, 5.41) is 13.8. The number of rotatable bonds is 5. The van der Waals surface area contributed by atoms with Crippen LogP contribution in [0, 0.1) is 21.7 Å². The van der Waals surface area contributed by atoms with Crippen molar-refractivity contribution < 1.29 is 18.4 Å². The van der Waals surface area contributed by atoms with Crippen molar-refractivity contribution in [2.45, 2.75) is 6.54 Å². The molecule has 0 spiro atoms. The topological polar surface area (TPSA) is 64.4 Å². The van der Waals surface area contributed by atoms with E-state index in [1.165, 1.54) is 6.07 Å². The van der Waals surface area contributed by atoms with Crippen molar-refractivity contribution in [3.05, 3.63) is 63.7 Å². The number of halogens is 2. The molecule has 0 aromatic heterocycles. The normalized spacial score (nSPS) is 10.4. The molecule has 0 bridgehead atoms. The van der Waals surface area contributed by atoms with Gasteiger partial charge in [0.1, 0.15) is 5.75 Å². The molecule has 0 saturated heterocycles. The van der Waals surface area contributed by atoms with Crippen LogP contribution in [0.25, 0.3) is 0 Å². The van der Waals surface area contributed by atoms with Crippen molar-refractivity contribution in [2.24, 2.45) is 0 Å². The van der Waals surface area contributed by atoms with Crippen LogP contribution in [0.5, 0.6) is 11.5 Å². The molecule has 0 atom stereocenters. The molecule has 1 N–H and O–H groups in total. The zero-order chi connectivity index (χ0) is 15.4. The molecule has 2 aromatic carbocycles. The molecular formula is C14H12F2N2O3. The Morgan fingerprint density at radius 2 is 2.05 bits per heavy atom. The third kappa shape index (κ3) is 3.32. The maximum absolute atomic E-state index is 13.7. The minimum Gasteiger partial charge on any atom is -0.447 e. The fraction of sp³-hybridized carbons (Fsp3) is 0.143. The zero-order valence-electron chi connectivity index (χ0n) is 11.1. The van der Waals surface area contributed by atoms with Crippen LogP contribution >= 0.6 is 0 Å². The summed E-state index contributed by atoms with van der Waals surface area (Å²) >= 11 is 0. The van der Waals surface area contributed by atoms with E-state index in [1.54, 1.807) is 25.2 Å². The minimum atomic E-state index is -1.39. The van der Waals surface area contributed by atoms with Gasteiger partial charge in [0.25, 0.3) is 0 Å². The lowest BCUT2D eigenvalue weighted by molar-refractivity contribution is -0.385. The average molecular weight is 294 g/mol. The predicted molar refractivity (Wildman–Crippen MR) is 72.3 cm³/mol. The lowest BCUT2D eigenvalue weighted by Gasteiger charge is -2.09. The van der Waals surface area contributed by atoms with E-state index < -0.39 is 28.0 Å². The standard InChI is InChI=1S/C14H12F2N2O3/c1-17-8-9-3-2-4-10(7-9)21-14-12(18(19)20)6-5-11(15)13(14)16/h2-7,17H,8H2,1H3. The molecule has 21 heavy (non-hydrogen) atoms. The largest absolute Gasteiger partial charge is 0.447 e. The summed E-state index contributed by atoms with van der Waals surface area (Å²) < 4.78 is 32.2. The van der Waals surface area contributed by atoms with E-state index in [1.807, 2.05) is 0 Å². The Balaban J connectivity index is 2.41. The van der Waals surface area contributed by atoms with Gasteiger partial charge >= 0.3 is 5.69 Å². The number of nitro groups is 1. The highest BCUT2D eigenvalue weighted by atomic mass is 19.2. The van der Waals surface area contributed by atoms with E-state index in [9.17, 15) is 18.9 Å². The van der Waals surface area contributed by atoms with Crippen LogP contribution in [0.2, 0.25) is 0 Å². The second-order valence-electron chi connectivity index (χ2n) is 4.25. The third-order valence-electron chi connectivity index (χ3n) is 2.73. The van der Waals surface area contributed by atoms with Crippen LogP contribution in [0.1, 0.15) is 5.56 Å². The van der Waals surface area contributed by atoms with E-state index in [2.05, 4.69) is 5.32 Å². The molecule has 2 rings (SSSR count). The molecule has 0 radical (unpaired) electrons. The Morgan fingerprint density at radius 1 is 1.29 bits per heavy atom. The molecule has 0 aliphatic carbocycles. The van der Waals surface area contributed by atoms with Gasteiger partial charge in [-0.05, 0) is 30.8 Å². The van der Waals surface area contributed by atoms with Gasteiger partial charge in [-0.3, -0.25) is 10.1 Å². The van der Waals surface area contributed by atoms with Gasteiger partial charge in [-0.1, -0.05) is 12.1 Å². The minimum absolute atomic E-state index is 0.190. The first-order valence-electron chi connectivity index (χ1n) is 6.06. The van der Waals surface area contributed by atoms with Crippen LogP contribution in [-0.2, 0) is 6.54 Å². The summed E-state index contributed by atoms with van der Waals surface area (Å²) in [6, 6.07) is 8.12. The molecule has 0 heterocycles. The van der Waals surface area contributed by atoms with Crippen LogP contribution in [-0.4, -0.2) is 12.0 Å². The van der Waals surface area contributed by atoms with Gasteiger partial charge in [-0.2, -0.15) is 4.39 Å². The summed E-state index contributed by atoms with van der Waals surface area (Å²) in [4.78, 5) is 10.0. The lowest BCUT2D eigenvalue weighted by Crippen LogP contribution is -2.05. The maximum atomic E-state index is 13.7. The molecule has 5 nitrogen and oxygen atoms in total. The number of benzene rings is 2. The second kappa shape index (κ2) is 6.27. The van der Waals surface area contributed by atoms with Gasteiger partial charge in [0.2, 0.25) is 11.6 Å². The Hall–Kier alpha value is -2.54. The van der Waals surface area contributed by atoms with Gasteiger partial charge in [-0.15, -0.1) is 0 Å². The quantitative estimate of drug-likeness (QED) is 0.678. The first-order valence-corrected chi connectivity index (χ1v) is 6.06. The van der Waals surface area contributed by atoms with Gasteiger partial charge in [0.05, 0.1) is 4.92 Å². The van der Waals surface area contributed by atoms with E-state index in [4.69, 9.17) is 4.74 Å². The number of ether oxygens (including phenoxy) is 1. The number of hydrogen-bond donors (Lipinski definition) is 1. The molecular weight excluding hydrogens is 282 g/mol. The molecule has 0 aliphatic heterocycles. The first-order chi connectivity index (χ1) is 10.0. The van der Waals surface area contributed by atoms with Crippen molar-refractivity contribution in [1.29, 1.82) is 0 Å². The van der Waals surface area contributed by atoms with E-state index in [-0.39, 0.29) is 5.75 Å². The highest BCUT2D eigenvalue weighted by Crippen LogP contribution is 2.35. The number of nitrogens with one attached hydrogen (secondary N) is 1. The van der Waals surface area contributed by atoms with Crippen LogP contribution in [0.15, 0.2) is 36.4 Å². The van der Waals surface area contributed by atoms with Crippen LogP contribution in [0.4, 0.5) is 14.5 Å². The summed E-state index contributed by atoms with van der Waals surface area (Å²) in [6.45, 7) is 0.547. The monoisotopic (exact) mass is 294 g/mol. The van der Waals surface area contributed by atoms with Crippen LogP contribution in [0.3, 0.4) is 0 Å². The van der Waals surface area contributed by atoms with E-state index in [0.29, 0.717) is 12.6 Å². The molecule has 0 saturated carbocycles. The van der Waals surface area contributed by atoms with Crippen molar-refractivity contribution in [3.63, 3.8) is 0 Å². The summed E-state index contributed by atoms with van der Waals surface area (Å²) in [7, 11) is 1.75. The lowest BCUT2D eigenvalue weighted by atomic mass is 10.2. The highest BCUT2D eigenvalue weighted by molar-refractivity contribution is 5.49. The van der Waals surface area contributed by atoms with Crippen molar-refractivity contribution >= 4 is 5.69 Å². The summed E-state index contributed by atoms with van der Waals surface area (Å²) in [6.07, 6.45) is 0. The Labute approximate surface area is 119 Å². The van der Waals surface area contributed by atoms with Crippen molar-refractivity contribution in [2.75, 3.05) is 7.05 Å². The van der Waals surface area contributed by atoms with E-state index >= 15 is 0 Å². The number of hydrogen-bond acceptors (Lipinski definition) is 4. The summed E-state index contributed by atoms with van der Waals surface area (Å²) in [5.41, 5.74) is 0.211. The zero-order valence-corrected chi connectivity index (χ0v) is 11.1. The SMILES string of the molecule is CNCc1cccc(Oc2c([N+](=O)[O-])ccc(F)c2F)c1. The second-order valence-corrected chi connectivity index (χ2v) is 4.25. The van der Waals surface area contributed by atoms with Crippen molar-refractivity contribution in [3.8, 4) is 11.5 Å². The fourth-order valence-electron chi connectivity index (χ4n) is 1.80. The molecule has 7 heteroatoms. The highest BCUT2D eigenvalue weighted by Gasteiger charge is 2.23. The molecule has 110 valence electrons. The molecule has 0 amide bonds. The Bertz CT molecular complexity index is 677. The molecule has 0 unspecified atom stereocenters. The summed E-state index contributed by atoms with van der Waals surface area (Å²) in [5.74, 6) is -3.14. The third-order valence-corrected chi connectivity index (χ3v) is 2.73. The van der Waals surface area contributed by atoms with Gasteiger partial charge in [0.15, 0.2) is 5.82 Å². The number of nitrogens with zero attached hydrogens (tertiary/aromatic N) is 1. The first kappa shape index (κ1) is 14.9. The number of nitro benzene ring substituents is 1. The van der Waals surface area contributed by atoms with Gasteiger partial charge < -0.3 is 10.1 Å². The predicted octanol–water partition coefficient (Wildman–Crippen LogP) is 3.38. The maximum Gasteiger partial charge on any atom is 0.314 e. The van der Waals surface area contributed by atoms with Gasteiger partial charge in [0, 0.05) is 12.6 Å². The van der Waals surface area contributed by atoms with E-state index in [0.717, 1.165) is 11.6 Å². The smallest absolute Gasteiger partial charge is 0.314 e. The Kier molecular flexibility index (Phi) is 4.44. The van der Waals surface area contributed by atoms with Crippen molar-refractivity contribution in [1.82, 2.24) is 5.32 Å². The molecule has 0 fully saturated rings.